The average molecular weight is 399 g/mol. The summed E-state index contributed by atoms with van der Waals surface area (Å²) in [5.74, 6) is 0.634. The summed E-state index contributed by atoms with van der Waals surface area (Å²) in [7, 11) is 0. The predicted octanol–water partition coefficient (Wildman–Crippen LogP) is 3.12. The summed E-state index contributed by atoms with van der Waals surface area (Å²) in [6.07, 6.45) is 4.24. The van der Waals surface area contributed by atoms with Gasteiger partial charge in [0.05, 0.1) is 12.6 Å². The van der Waals surface area contributed by atoms with Gasteiger partial charge in [0, 0.05) is 44.0 Å². The highest BCUT2D eigenvalue weighted by Crippen LogP contribution is 2.40. The summed E-state index contributed by atoms with van der Waals surface area (Å²) in [4.78, 5) is 31.2. The quantitative estimate of drug-likeness (QED) is 0.846. The van der Waals surface area contributed by atoms with Gasteiger partial charge in [0.2, 0.25) is 0 Å². The number of anilines is 1. The van der Waals surface area contributed by atoms with Gasteiger partial charge in [0.1, 0.15) is 0 Å². The zero-order valence-electron chi connectivity index (χ0n) is 17.0. The molecule has 1 aromatic rings. The minimum Gasteiger partial charge on any atom is -0.450 e. The standard InChI is InChI=1S/C22H30N4O3/c1-2-29-22(28)26-17-7-8-18(26)10-15(9-17)11-24-13-19(14-24)25-12-16-5-3-4-6-20(16)23-21(25)27/h3-6,15,17-19H,2,7-14H2,1H3,(H,23,27)/t15?,17-,18+. The van der Waals surface area contributed by atoms with Crippen molar-refractivity contribution in [3.8, 4) is 0 Å². The molecule has 0 radical (unpaired) electrons. The Morgan fingerprint density at radius 3 is 2.59 bits per heavy atom. The number of urea groups is 1. The Balaban J connectivity index is 1.13. The first kappa shape index (κ1) is 18.7. The molecule has 7 heteroatoms. The number of likely N-dealkylation sites (tertiary alicyclic amines) is 1. The van der Waals surface area contributed by atoms with Crippen LogP contribution >= 0.6 is 0 Å². The first-order valence-corrected chi connectivity index (χ1v) is 11.0. The van der Waals surface area contributed by atoms with Crippen LogP contribution in [0.15, 0.2) is 24.3 Å². The molecule has 3 amide bonds. The zero-order chi connectivity index (χ0) is 20.0. The van der Waals surface area contributed by atoms with Crippen molar-refractivity contribution < 1.29 is 14.3 Å². The summed E-state index contributed by atoms with van der Waals surface area (Å²) in [6.45, 7) is 5.98. The average Bonchev–Trinajstić information content (AvgIpc) is 2.95. The number of nitrogens with zero attached hydrogens (tertiary/aromatic N) is 3. The topological polar surface area (TPSA) is 65.1 Å². The molecular weight excluding hydrogens is 368 g/mol. The van der Waals surface area contributed by atoms with Crippen molar-refractivity contribution >= 4 is 17.8 Å². The first-order valence-electron chi connectivity index (χ1n) is 11.0. The van der Waals surface area contributed by atoms with Crippen LogP contribution in [0.5, 0.6) is 0 Å². The number of ether oxygens (including phenoxy) is 1. The molecule has 156 valence electrons. The fourth-order valence-corrected chi connectivity index (χ4v) is 5.71. The molecule has 29 heavy (non-hydrogen) atoms. The number of hydrogen-bond acceptors (Lipinski definition) is 4. The smallest absolute Gasteiger partial charge is 0.410 e. The van der Waals surface area contributed by atoms with Gasteiger partial charge in [0.15, 0.2) is 0 Å². The van der Waals surface area contributed by atoms with Gasteiger partial charge in [-0.3, -0.25) is 4.90 Å². The van der Waals surface area contributed by atoms with Crippen molar-refractivity contribution in [1.29, 1.82) is 0 Å². The zero-order valence-corrected chi connectivity index (χ0v) is 17.0. The molecule has 4 aliphatic rings. The number of para-hydroxylation sites is 1. The Kier molecular flexibility index (Phi) is 4.86. The summed E-state index contributed by atoms with van der Waals surface area (Å²) < 4.78 is 5.26. The number of piperidine rings is 1. The molecule has 5 rings (SSSR count). The fourth-order valence-electron chi connectivity index (χ4n) is 5.71. The number of nitrogens with one attached hydrogen (secondary N) is 1. The third-order valence-corrected chi connectivity index (χ3v) is 7.06. The van der Waals surface area contributed by atoms with Crippen LogP contribution in [0.25, 0.3) is 0 Å². The number of carbonyl (C=O) groups is 2. The molecule has 0 aromatic heterocycles. The van der Waals surface area contributed by atoms with Crippen LogP contribution in [0.2, 0.25) is 0 Å². The molecule has 1 unspecified atom stereocenters. The molecule has 1 aromatic carbocycles. The minimum atomic E-state index is -0.126. The number of rotatable bonds is 4. The largest absolute Gasteiger partial charge is 0.450 e. The lowest BCUT2D eigenvalue weighted by Gasteiger charge is -2.48. The Bertz CT molecular complexity index is 780. The molecule has 3 atom stereocenters. The van der Waals surface area contributed by atoms with Gasteiger partial charge in [-0.25, -0.2) is 9.59 Å². The van der Waals surface area contributed by atoms with E-state index in [1.807, 2.05) is 34.9 Å². The Morgan fingerprint density at radius 2 is 1.86 bits per heavy atom. The van der Waals surface area contributed by atoms with Gasteiger partial charge in [-0.15, -0.1) is 0 Å². The van der Waals surface area contributed by atoms with E-state index in [0.29, 0.717) is 37.2 Å². The van der Waals surface area contributed by atoms with E-state index in [9.17, 15) is 9.59 Å². The van der Waals surface area contributed by atoms with E-state index < -0.39 is 0 Å². The highest BCUT2D eigenvalue weighted by Gasteiger charge is 2.45. The molecule has 2 bridgehead atoms. The fraction of sp³-hybridized carbons (Fsp3) is 0.636. The number of amides is 3. The van der Waals surface area contributed by atoms with Crippen molar-refractivity contribution in [1.82, 2.24) is 14.7 Å². The second kappa shape index (κ2) is 7.52. The molecule has 0 aliphatic carbocycles. The number of fused-ring (bicyclic) bond motifs is 3. The van der Waals surface area contributed by atoms with E-state index in [1.165, 1.54) is 5.56 Å². The lowest BCUT2D eigenvalue weighted by atomic mass is 9.89. The summed E-state index contributed by atoms with van der Waals surface area (Å²) in [5, 5.41) is 3.02. The van der Waals surface area contributed by atoms with Crippen molar-refractivity contribution in [2.75, 3.05) is 31.6 Å². The van der Waals surface area contributed by atoms with Gasteiger partial charge >= 0.3 is 12.1 Å². The SMILES string of the molecule is CCOC(=O)N1[C@@H]2CC[C@H]1CC(CN1CC(N3Cc4ccccc4NC3=O)C1)C2. The van der Waals surface area contributed by atoms with Crippen molar-refractivity contribution in [3.63, 3.8) is 0 Å². The highest BCUT2D eigenvalue weighted by molar-refractivity contribution is 5.92. The van der Waals surface area contributed by atoms with Crippen LogP contribution < -0.4 is 5.32 Å². The molecule has 4 aliphatic heterocycles. The third-order valence-electron chi connectivity index (χ3n) is 7.06. The maximum atomic E-state index is 12.5. The van der Waals surface area contributed by atoms with E-state index in [1.54, 1.807) is 0 Å². The molecule has 1 N–H and O–H groups in total. The molecule has 3 saturated heterocycles. The Labute approximate surface area is 172 Å². The van der Waals surface area contributed by atoms with E-state index in [0.717, 1.165) is 51.0 Å². The molecular formula is C22H30N4O3. The number of carbonyl (C=O) groups excluding carboxylic acids is 2. The minimum absolute atomic E-state index is 0.0224. The molecule has 4 heterocycles. The van der Waals surface area contributed by atoms with Crippen LogP contribution in [-0.4, -0.2) is 71.2 Å². The summed E-state index contributed by atoms with van der Waals surface area (Å²) >= 11 is 0. The Hall–Kier alpha value is -2.28. The molecule has 0 spiro atoms. The lowest BCUT2D eigenvalue weighted by Crippen LogP contribution is -2.63. The summed E-state index contributed by atoms with van der Waals surface area (Å²) in [6, 6.07) is 9.05. The number of benzene rings is 1. The Morgan fingerprint density at radius 1 is 1.14 bits per heavy atom. The van der Waals surface area contributed by atoms with Gasteiger partial charge in [-0.2, -0.15) is 0 Å². The van der Waals surface area contributed by atoms with E-state index in [2.05, 4.69) is 16.3 Å². The normalized spacial score (nSPS) is 29.3. The highest BCUT2D eigenvalue weighted by atomic mass is 16.6. The second-order valence-corrected chi connectivity index (χ2v) is 8.92. The maximum Gasteiger partial charge on any atom is 0.410 e. The van der Waals surface area contributed by atoms with Crippen LogP contribution in [-0.2, 0) is 11.3 Å². The van der Waals surface area contributed by atoms with Crippen LogP contribution in [0.3, 0.4) is 0 Å². The second-order valence-electron chi connectivity index (χ2n) is 8.92. The lowest BCUT2D eigenvalue weighted by molar-refractivity contribution is 0.0179. The van der Waals surface area contributed by atoms with Crippen molar-refractivity contribution in [3.05, 3.63) is 29.8 Å². The van der Waals surface area contributed by atoms with Gasteiger partial charge in [0.25, 0.3) is 0 Å². The van der Waals surface area contributed by atoms with Crippen LogP contribution in [0.1, 0.15) is 38.2 Å². The summed E-state index contributed by atoms with van der Waals surface area (Å²) in [5.41, 5.74) is 2.13. The number of hydrogen-bond donors (Lipinski definition) is 1. The van der Waals surface area contributed by atoms with Crippen molar-refractivity contribution in [2.45, 2.75) is 57.3 Å². The monoisotopic (exact) mass is 398 g/mol. The predicted molar refractivity (Wildman–Crippen MR) is 110 cm³/mol. The molecule has 3 fully saturated rings. The van der Waals surface area contributed by atoms with Gasteiger partial charge in [-0.1, -0.05) is 18.2 Å². The van der Waals surface area contributed by atoms with E-state index >= 15 is 0 Å². The van der Waals surface area contributed by atoms with Crippen molar-refractivity contribution in [2.24, 2.45) is 5.92 Å². The van der Waals surface area contributed by atoms with Gasteiger partial charge in [-0.05, 0) is 50.2 Å². The molecule has 0 saturated carbocycles. The van der Waals surface area contributed by atoms with Crippen LogP contribution in [0, 0.1) is 5.92 Å². The molecule has 7 nitrogen and oxygen atoms in total. The van der Waals surface area contributed by atoms with Crippen LogP contribution in [0.4, 0.5) is 15.3 Å². The maximum absolute atomic E-state index is 12.5. The van der Waals surface area contributed by atoms with E-state index in [4.69, 9.17) is 4.74 Å². The van der Waals surface area contributed by atoms with E-state index in [-0.39, 0.29) is 12.1 Å². The third kappa shape index (κ3) is 3.45. The first-order chi connectivity index (χ1) is 14.1. The van der Waals surface area contributed by atoms with Gasteiger partial charge < -0.3 is 19.9 Å².